The number of aliphatic hydroxyl groups is 2. The van der Waals surface area contributed by atoms with Gasteiger partial charge in [-0.3, -0.25) is 4.79 Å². The molecule has 2 N–H and O–H groups in total. The quantitative estimate of drug-likeness (QED) is 0.364. The fourth-order valence-corrected chi connectivity index (χ4v) is 0.867. The van der Waals surface area contributed by atoms with Gasteiger partial charge < -0.3 is 15.1 Å². The number of hydrogen-bond donors (Lipinski definition) is 2. The van der Waals surface area contributed by atoms with Crippen molar-refractivity contribution in [2.45, 2.75) is 19.8 Å². The summed E-state index contributed by atoms with van der Waals surface area (Å²) >= 11 is 0. The predicted octanol–water partition coefficient (Wildman–Crippen LogP) is 0.679. The van der Waals surface area contributed by atoms with Crippen molar-refractivity contribution in [3.05, 3.63) is 12.0 Å². The van der Waals surface area contributed by atoms with Gasteiger partial charge in [0.05, 0.1) is 0 Å². The molecule has 0 aromatic heterocycles. The zero-order valence-electron chi connectivity index (χ0n) is 8.16. The van der Waals surface area contributed by atoms with Gasteiger partial charge in [-0.05, 0) is 19.8 Å². The van der Waals surface area contributed by atoms with Crippen molar-refractivity contribution in [1.29, 1.82) is 0 Å². The van der Waals surface area contributed by atoms with Crippen molar-refractivity contribution in [2.75, 3.05) is 20.2 Å². The molecule has 0 heterocycles. The molecule has 0 saturated heterocycles. The van der Waals surface area contributed by atoms with Crippen molar-refractivity contribution in [2.24, 2.45) is 0 Å². The second-order valence-corrected chi connectivity index (χ2v) is 2.97. The highest BCUT2D eigenvalue weighted by Gasteiger charge is 2.02. The normalized spacial score (nSPS) is 11.5. The molecule has 0 unspecified atom stereocenters. The minimum Gasteiger partial charge on any atom is -0.495 e. The van der Waals surface area contributed by atoms with Gasteiger partial charge in [-0.2, -0.15) is 0 Å². The van der Waals surface area contributed by atoms with E-state index in [9.17, 15) is 9.90 Å². The summed E-state index contributed by atoms with van der Waals surface area (Å²) in [6.45, 7) is 2.18. The Morgan fingerprint density at radius 3 is 2.54 bits per heavy atom. The van der Waals surface area contributed by atoms with Crippen LogP contribution in [0, 0.1) is 0 Å². The van der Waals surface area contributed by atoms with E-state index in [1.165, 1.54) is 13.0 Å². The molecule has 0 fully saturated rings. The van der Waals surface area contributed by atoms with Crippen LogP contribution in [0.4, 0.5) is 0 Å². The third-order valence-electron chi connectivity index (χ3n) is 1.63. The number of carbonyl (C=O) groups is 1. The molecule has 4 heteroatoms. The maximum Gasteiger partial charge on any atom is 0.190 e. The Labute approximate surface area is 78.5 Å². The van der Waals surface area contributed by atoms with E-state index in [0.29, 0.717) is 13.0 Å². The summed E-state index contributed by atoms with van der Waals surface area (Å²) in [5, 5.41) is 17.8. The molecule has 0 rings (SSSR count). The van der Waals surface area contributed by atoms with Crippen molar-refractivity contribution < 1.29 is 15.0 Å². The molecular weight excluding hydrogens is 170 g/mol. The highest BCUT2D eigenvalue weighted by atomic mass is 16.3. The van der Waals surface area contributed by atoms with Crippen LogP contribution in [0.1, 0.15) is 19.8 Å². The molecule has 0 saturated carbocycles. The van der Waals surface area contributed by atoms with E-state index in [0.717, 1.165) is 6.42 Å². The van der Waals surface area contributed by atoms with Crippen molar-refractivity contribution in [1.82, 2.24) is 4.90 Å². The van der Waals surface area contributed by atoms with Gasteiger partial charge in [0, 0.05) is 26.3 Å². The van der Waals surface area contributed by atoms with Gasteiger partial charge in [0.1, 0.15) is 0 Å². The van der Waals surface area contributed by atoms with Crippen LogP contribution in [-0.4, -0.2) is 41.1 Å². The first-order valence-corrected chi connectivity index (χ1v) is 4.31. The fraction of sp³-hybridized carbons (Fsp3) is 0.667. The van der Waals surface area contributed by atoms with E-state index in [4.69, 9.17) is 5.11 Å². The second kappa shape index (κ2) is 6.48. The molecule has 4 nitrogen and oxygen atoms in total. The van der Waals surface area contributed by atoms with Crippen molar-refractivity contribution in [3.8, 4) is 0 Å². The summed E-state index contributed by atoms with van der Waals surface area (Å²) in [7, 11) is 1.70. The van der Waals surface area contributed by atoms with Crippen LogP contribution in [0.3, 0.4) is 0 Å². The molecule has 0 bridgehead atoms. The van der Waals surface area contributed by atoms with E-state index in [2.05, 4.69) is 0 Å². The maximum absolute atomic E-state index is 10.6. The third kappa shape index (κ3) is 6.16. The molecular formula is C9H17NO3. The van der Waals surface area contributed by atoms with Gasteiger partial charge in [0.2, 0.25) is 0 Å². The standard InChI is InChI=1S/C9H17NO3/c1-8(12)7-9(13)10(2)5-3-4-6-11/h7,11,13H,3-6H2,1-2H3/b9-7-. The lowest BCUT2D eigenvalue weighted by Crippen LogP contribution is -2.19. The Hall–Kier alpha value is -1.03. The monoisotopic (exact) mass is 187 g/mol. The van der Waals surface area contributed by atoms with E-state index in [1.807, 2.05) is 0 Å². The third-order valence-corrected chi connectivity index (χ3v) is 1.63. The molecule has 76 valence electrons. The van der Waals surface area contributed by atoms with Gasteiger partial charge in [-0.1, -0.05) is 0 Å². The average Bonchev–Trinajstić information content (AvgIpc) is 2.03. The molecule has 0 spiro atoms. The van der Waals surface area contributed by atoms with E-state index < -0.39 is 0 Å². The second-order valence-electron chi connectivity index (χ2n) is 2.97. The number of carbonyl (C=O) groups excluding carboxylic acids is 1. The van der Waals surface area contributed by atoms with E-state index in [-0.39, 0.29) is 18.3 Å². The lowest BCUT2D eigenvalue weighted by molar-refractivity contribution is -0.112. The first kappa shape index (κ1) is 12.0. The predicted molar refractivity (Wildman–Crippen MR) is 50.3 cm³/mol. The van der Waals surface area contributed by atoms with Crippen molar-refractivity contribution >= 4 is 5.78 Å². The molecule has 0 aromatic carbocycles. The zero-order valence-corrected chi connectivity index (χ0v) is 8.16. The summed E-state index contributed by atoms with van der Waals surface area (Å²) in [5.41, 5.74) is 0. The topological polar surface area (TPSA) is 60.8 Å². The molecule has 0 radical (unpaired) electrons. The Kier molecular flexibility index (Phi) is 5.97. The number of hydrogen-bond acceptors (Lipinski definition) is 4. The maximum atomic E-state index is 10.6. The summed E-state index contributed by atoms with van der Waals surface area (Å²) in [6, 6.07) is 0. The number of ketones is 1. The molecule has 0 aromatic rings. The molecule has 0 aliphatic heterocycles. The molecule has 0 atom stereocenters. The van der Waals surface area contributed by atoms with E-state index >= 15 is 0 Å². The number of allylic oxidation sites excluding steroid dienone is 1. The molecule has 0 aliphatic carbocycles. The average molecular weight is 187 g/mol. The summed E-state index contributed by atoms with van der Waals surface area (Å²) in [5.74, 6) is -0.197. The van der Waals surface area contributed by atoms with Crippen LogP contribution in [0.25, 0.3) is 0 Å². The SMILES string of the molecule is CC(=O)/C=C(\O)N(C)CCCCO. The minimum atomic E-state index is -0.175. The van der Waals surface area contributed by atoms with Crippen LogP contribution < -0.4 is 0 Å². The Balaban J connectivity index is 3.82. The smallest absolute Gasteiger partial charge is 0.190 e. The first-order chi connectivity index (χ1) is 6.07. The Morgan fingerprint density at radius 1 is 1.46 bits per heavy atom. The Morgan fingerprint density at radius 2 is 2.08 bits per heavy atom. The summed E-state index contributed by atoms with van der Waals surface area (Å²) < 4.78 is 0. The van der Waals surface area contributed by atoms with Crippen LogP contribution in [-0.2, 0) is 4.79 Å². The van der Waals surface area contributed by atoms with Gasteiger partial charge in [-0.15, -0.1) is 0 Å². The summed E-state index contributed by atoms with van der Waals surface area (Å²) in [4.78, 5) is 12.2. The van der Waals surface area contributed by atoms with Gasteiger partial charge in [-0.25, -0.2) is 0 Å². The van der Waals surface area contributed by atoms with Gasteiger partial charge in [0.25, 0.3) is 0 Å². The van der Waals surface area contributed by atoms with Crippen LogP contribution in [0.15, 0.2) is 12.0 Å². The van der Waals surface area contributed by atoms with Crippen molar-refractivity contribution in [3.63, 3.8) is 0 Å². The summed E-state index contributed by atoms with van der Waals surface area (Å²) in [6.07, 6.45) is 2.68. The highest BCUT2D eigenvalue weighted by Crippen LogP contribution is 1.99. The number of unbranched alkanes of at least 4 members (excludes halogenated alkanes) is 1. The van der Waals surface area contributed by atoms with Gasteiger partial charge >= 0.3 is 0 Å². The first-order valence-electron chi connectivity index (χ1n) is 4.31. The lowest BCUT2D eigenvalue weighted by atomic mass is 10.3. The number of rotatable bonds is 6. The lowest BCUT2D eigenvalue weighted by Gasteiger charge is -2.16. The Bertz CT molecular complexity index is 189. The minimum absolute atomic E-state index is 0.0227. The van der Waals surface area contributed by atoms with Crippen LogP contribution in [0.2, 0.25) is 0 Å². The van der Waals surface area contributed by atoms with Gasteiger partial charge in [0.15, 0.2) is 11.7 Å². The van der Waals surface area contributed by atoms with Crippen LogP contribution in [0.5, 0.6) is 0 Å². The molecule has 0 amide bonds. The fourth-order valence-electron chi connectivity index (χ4n) is 0.867. The number of aliphatic hydroxyl groups excluding tert-OH is 2. The highest BCUT2D eigenvalue weighted by molar-refractivity contribution is 5.87. The molecule has 0 aliphatic rings. The zero-order chi connectivity index (χ0) is 10.3. The van der Waals surface area contributed by atoms with Crippen LogP contribution >= 0.6 is 0 Å². The molecule has 13 heavy (non-hydrogen) atoms. The number of nitrogens with zero attached hydrogens (tertiary/aromatic N) is 1. The van der Waals surface area contributed by atoms with E-state index in [1.54, 1.807) is 11.9 Å². The largest absolute Gasteiger partial charge is 0.495 e.